The van der Waals surface area contributed by atoms with Crippen molar-refractivity contribution in [1.29, 1.82) is 0 Å². The number of nitrogens with zero attached hydrogens (tertiary/aromatic N) is 2. The zero-order valence-corrected chi connectivity index (χ0v) is 25.2. The van der Waals surface area contributed by atoms with E-state index in [1.807, 2.05) is 31.7 Å². The highest BCUT2D eigenvalue weighted by molar-refractivity contribution is 5.85. The fraction of sp³-hybridized carbons (Fsp3) is 0.688. The van der Waals surface area contributed by atoms with Crippen molar-refractivity contribution in [3.8, 4) is 5.75 Å². The molecule has 2 aliphatic heterocycles. The molecule has 0 aliphatic carbocycles. The summed E-state index contributed by atoms with van der Waals surface area (Å²) in [6.45, 7) is 8.81. The van der Waals surface area contributed by atoms with E-state index >= 15 is 0 Å². The highest BCUT2D eigenvalue weighted by Crippen LogP contribution is 2.31. The van der Waals surface area contributed by atoms with Crippen LogP contribution in [0.2, 0.25) is 0 Å². The minimum Gasteiger partial charge on any atom is -0.491 e. The number of Topliss-reactive ketones (excluding diaryl/α,β-unsaturated/α-hetero) is 2. The van der Waals surface area contributed by atoms with Crippen LogP contribution in [0.25, 0.3) is 0 Å². The van der Waals surface area contributed by atoms with Gasteiger partial charge in [0.05, 0.1) is 0 Å². The first kappa shape index (κ1) is 32.5. The second-order valence-corrected chi connectivity index (χ2v) is 12.5. The zero-order valence-electron chi connectivity index (χ0n) is 25.2. The largest absolute Gasteiger partial charge is 0.491 e. The lowest BCUT2D eigenvalue weighted by Gasteiger charge is -2.35. The molecule has 2 aliphatic rings. The SMILES string of the molecule is CC(=O)C[C@H](CC(=O)[C@@H]1CCCN(C(=O)CCC2CCN(C(=O)OC(C)(C)C)CC2)C1)c1cccc(OCC[18F])c1. The van der Waals surface area contributed by atoms with E-state index in [4.69, 9.17) is 9.47 Å². The Kier molecular flexibility index (Phi) is 12.2. The number of ketones is 2. The van der Waals surface area contributed by atoms with Crippen LogP contribution in [0.15, 0.2) is 24.3 Å². The van der Waals surface area contributed by atoms with E-state index in [1.54, 1.807) is 23.1 Å². The number of hydrogen-bond acceptors (Lipinski definition) is 6. The summed E-state index contributed by atoms with van der Waals surface area (Å²) in [5.41, 5.74) is 0.311. The van der Waals surface area contributed by atoms with Crippen LogP contribution in [0, 0.1) is 11.8 Å². The summed E-state index contributed by atoms with van der Waals surface area (Å²) in [5, 5.41) is 0. The molecule has 8 nitrogen and oxygen atoms in total. The van der Waals surface area contributed by atoms with E-state index in [1.165, 1.54) is 6.92 Å². The first-order valence-electron chi connectivity index (χ1n) is 15.0. The van der Waals surface area contributed by atoms with Crippen LogP contribution in [0.5, 0.6) is 5.75 Å². The molecule has 2 atom stereocenters. The second kappa shape index (κ2) is 15.3. The number of alkyl halides is 1. The molecule has 0 N–H and O–H groups in total. The minimum absolute atomic E-state index is 0.00439. The molecule has 1 aromatic rings. The van der Waals surface area contributed by atoms with Crippen molar-refractivity contribution in [3.05, 3.63) is 29.8 Å². The van der Waals surface area contributed by atoms with Gasteiger partial charge in [-0.15, -0.1) is 0 Å². The molecule has 3 rings (SSSR count). The molecule has 41 heavy (non-hydrogen) atoms. The number of carbonyl (C=O) groups is 4. The summed E-state index contributed by atoms with van der Waals surface area (Å²) in [6, 6.07) is 7.19. The topological polar surface area (TPSA) is 93.2 Å². The number of hydrogen-bond donors (Lipinski definition) is 0. The van der Waals surface area contributed by atoms with Crippen LogP contribution in [0.3, 0.4) is 0 Å². The molecule has 0 spiro atoms. The number of carbonyl (C=O) groups excluding carboxylic acids is 4. The van der Waals surface area contributed by atoms with Gasteiger partial charge in [-0.2, -0.15) is 0 Å². The van der Waals surface area contributed by atoms with E-state index in [0.29, 0.717) is 44.3 Å². The van der Waals surface area contributed by atoms with Crippen molar-refractivity contribution in [1.82, 2.24) is 9.80 Å². The summed E-state index contributed by atoms with van der Waals surface area (Å²) in [6.07, 6.45) is 4.61. The molecule has 9 heteroatoms. The average Bonchev–Trinajstić information content (AvgIpc) is 2.93. The first-order chi connectivity index (χ1) is 19.4. The van der Waals surface area contributed by atoms with Gasteiger partial charge in [0.2, 0.25) is 5.91 Å². The van der Waals surface area contributed by atoms with Gasteiger partial charge in [-0.1, -0.05) is 12.1 Å². The fourth-order valence-electron chi connectivity index (χ4n) is 5.76. The number of benzene rings is 1. The summed E-state index contributed by atoms with van der Waals surface area (Å²) < 4.78 is 23.4. The van der Waals surface area contributed by atoms with Crippen LogP contribution in [0.1, 0.15) is 90.5 Å². The maximum Gasteiger partial charge on any atom is 0.410 e. The molecule has 228 valence electrons. The number of halogens is 1. The summed E-state index contributed by atoms with van der Waals surface area (Å²) in [5.74, 6) is 0.517. The Morgan fingerprint density at radius 1 is 1.02 bits per heavy atom. The van der Waals surface area contributed by atoms with Gasteiger partial charge in [0.15, 0.2) is 0 Å². The number of rotatable bonds is 12. The molecule has 2 saturated heterocycles. The van der Waals surface area contributed by atoms with Gasteiger partial charge in [0.25, 0.3) is 0 Å². The predicted octanol–water partition coefficient (Wildman–Crippen LogP) is 5.72. The standard InChI is InChI=1S/C32H47FN2O6/c1-23(36)19-27(25-7-5-9-28(20-25)40-18-14-33)21-29(37)26-8-6-15-35(22-26)30(38)11-10-24-12-16-34(17-13-24)31(39)41-32(2,3)4/h5,7,9,20,24,26-27H,6,8,10-19,21-22H2,1-4H3/t26-,27-/m1/s1/i33-1. The summed E-state index contributed by atoms with van der Waals surface area (Å²) >= 11 is 0. The van der Waals surface area contributed by atoms with Crippen LogP contribution < -0.4 is 4.74 Å². The highest BCUT2D eigenvalue weighted by Gasteiger charge is 2.31. The summed E-state index contributed by atoms with van der Waals surface area (Å²) in [7, 11) is 0. The molecule has 2 fully saturated rings. The van der Waals surface area contributed by atoms with E-state index in [9.17, 15) is 23.6 Å². The monoisotopic (exact) mass is 573 g/mol. The third kappa shape index (κ3) is 10.7. The zero-order chi connectivity index (χ0) is 30.0. The predicted molar refractivity (Wildman–Crippen MR) is 155 cm³/mol. The molecule has 0 saturated carbocycles. The molecule has 1 aromatic carbocycles. The highest BCUT2D eigenvalue weighted by atomic mass is 18.2. The Bertz CT molecular complexity index is 1050. The van der Waals surface area contributed by atoms with Crippen molar-refractivity contribution in [2.75, 3.05) is 39.5 Å². The third-order valence-electron chi connectivity index (χ3n) is 7.92. The average molecular weight is 574 g/mol. The Morgan fingerprint density at radius 3 is 2.41 bits per heavy atom. The lowest BCUT2D eigenvalue weighted by molar-refractivity contribution is -0.135. The van der Waals surface area contributed by atoms with Gasteiger partial charge in [0, 0.05) is 51.4 Å². The number of ether oxygens (including phenoxy) is 2. The van der Waals surface area contributed by atoms with Crippen LogP contribution in [-0.4, -0.2) is 78.4 Å². The van der Waals surface area contributed by atoms with Gasteiger partial charge in [-0.3, -0.25) is 9.59 Å². The lowest BCUT2D eigenvalue weighted by Crippen LogP contribution is -2.43. The Morgan fingerprint density at radius 2 is 1.76 bits per heavy atom. The van der Waals surface area contributed by atoms with Crippen molar-refractivity contribution in [2.45, 2.75) is 90.6 Å². The smallest absolute Gasteiger partial charge is 0.410 e. The van der Waals surface area contributed by atoms with Gasteiger partial charge in [-0.25, -0.2) is 9.18 Å². The van der Waals surface area contributed by atoms with Crippen molar-refractivity contribution >= 4 is 23.6 Å². The van der Waals surface area contributed by atoms with Gasteiger partial charge in [-0.05, 0) is 89.3 Å². The summed E-state index contributed by atoms with van der Waals surface area (Å²) in [4.78, 5) is 54.4. The Labute approximate surface area is 243 Å². The molecular weight excluding hydrogens is 526 g/mol. The molecule has 2 heterocycles. The van der Waals surface area contributed by atoms with Crippen molar-refractivity contribution < 1.29 is 33.0 Å². The number of piperidine rings is 2. The van der Waals surface area contributed by atoms with E-state index in [0.717, 1.165) is 37.7 Å². The maximum atomic E-state index is 13.4. The number of likely N-dealkylation sites (tertiary alicyclic amines) is 2. The molecule has 2 amide bonds. The van der Waals surface area contributed by atoms with Gasteiger partial charge < -0.3 is 24.1 Å². The van der Waals surface area contributed by atoms with Crippen LogP contribution in [-0.2, 0) is 19.1 Å². The molecule has 0 unspecified atom stereocenters. The first-order valence-corrected chi connectivity index (χ1v) is 15.0. The van der Waals surface area contributed by atoms with Crippen molar-refractivity contribution in [2.24, 2.45) is 11.8 Å². The Hall–Kier alpha value is -2.97. The molecular formula is C32H47FN2O6. The quantitative estimate of drug-likeness (QED) is 0.317. The molecule has 0 bridgehead atoms. The maximum absolute atomic E-state index is 13.4. The van der Waals surface area contributed by atoms with E-state index in [2.05, 4.69) is 0 Å². The fourth-order valence-corrected chi connectivity index (χ4v) is 5.76. The molecule has 0 aromatic heterocycles. The third-order valence-corrected chi connectivity index (χ3v) is 7.92. The Balaban J connectivity index is 1.49. The normalized spacial score (nSPS) is 19.0. The van der Waals surface area contributed by atoms with Gasteiger partial charge >= 0.3 is 6.09 Å². The number of amides is 2. The molecule has 0 radical (unpaired) electrons. The lowest BCUT2D eigenvalue weighted by atomic mass is 9.83. The van der Waals surface area contributed by atoms with E-state index in [-0.39, 0.29) is 54.9 Å². The van der Waals surface area contributed by atoms with Crippen LogP contribution >= 0.6 is 0 Å². The van der Waals surface area contributed by atoms with Crippen LogP contribution in [0.4, 0.5) is 9.18 Å². The van der Waals surface area contributed by atoms with E-state index < -0.39 is 12.3 Å². The minimum atomic E-state index is -0.593. The van der Waals surface area contributed by atoms with Gasteiger partial charge in [0.1, 0.15) is 36.2 Å². The second-order valence-electron chi connectivity index (χ2n) is 12.5. The van der Waals surface area contributed by atoms with Crippen molar-refractivity contribution in [3.63, 3.8) is 0 Å².